The third kappa shape index (κ3) is 6.04. The van der Waals surface area contributed by atoms with Crippen LogP contribution in [-0.2, 0) is 23.7 Å². The Labute approximate surface area is 245 Å². The number of benzene rings is 1. The summed E-state index contributed by atoms with van der Waals surface area (Å²) in [6, 6.07) is 4.25. The van der Waals surface area contributed by atoms with Gasteiger partial charge in [-0.3, -0.25) is 0 Å². The second kappa shape index (κ2) is 12.3. The molecule has 43 heavy (non-hydrogen) atoms. The summed E-state index contributed by atoms with van der Waals surface area (Å²) in [5.41, 5.74) is 0.511. The van der Waals surface area contributed by atoms with E-state index in [9.17, 15) is 46.0 Å². The van der Waals surface area contributed by atoms with E-state index in [4.69, 9.17) is 28.4 Å². The quantitative estimate of drug-likeness (QED) is 0.179. The molecule has 1 aromatic rings. The number of phenolic OH excluding ortho intramolecular Hbond substituents is 1. The van der Waals surface area contributed by atoms with E-state index in [0.717, 1.165) is 6.08 Å². The Morgan fingerprint density at radius 1 is 0.814 bits per heavy atom. The Morgan fingerprint density at radius 2 is 1.51 bits per heavy atom. The fraction of sp³-hybridized carbons (Fsp3) is 0.500. The van der Waals surface area contributed by atoms with Crippen LogP contribution >= 0.6 is 0 Å². The summed E-state index contributed by atoms with van der Waals surface area (Å²) in [4.78, 5) is 0. The molecule has 0 amide bonds. The number of aliphatic hydroxyl groups excluding tert-OH is 8. The highest BCUT2D eigenvalue weighted by Gasteiger charge is 2.48. The maximum Gasteiger partial charge on any atom is 0.229 e. The van der Waals surface area contributed by atoms with Crippen molar-refractivity contribution in [3.63, 3.8) is 0 Å². The first-order chi connectivity index (χ1) is 20.4. The third-order valence-electron chi connectivity index (χ3n) is 7.55. The number of methoxy groups -OCH3 is 1. The van der Waals surface area contributed by atoms with Crippen LogP contribution in [0, 0.1) is 0 Å². The highest BCUT2D eigenvalue weighted by molar-refractivity contribution is 5.70. The van der Waals surface area contributed by atoms with Gasteiger partial charge in [0.2, 0.25) is 6.29 Å². The topological polar surface area (TPSA) is 237 Å². The second-order valence-electron chi connectivity index (χ2n) is 10.5. The molecule has 2 saturated heterocycles. The van der Waals surface area contributed by atoms with Crippen molar-refractivity contribution >= 4 is 5.76 Å². The Morgan fingerprint density at radius 3 is 2.23 bits per heavy atom. The molecule has 4 aliphatic rings. The average Bonchev–Trinajstić information content (AvgIpc) is 2.98. The number of fused-ring (bicyclic) bond motifs is 1. The van der Waals surface area contributed by atoms with E-state index in [1.807, 2.05) is 0 Å². The van der Waals surface area contributed by atoms with Crippen molar-refractivity contribution in [3.05, 3.63) is 64.8 Å². The predicted molar refractivity (Wildman–Crippen MR) is 142 cm³/mol. The van der Waals surface area contributed by atoms with E-state index in [-0.39, 0.29) is 40.1 Å². The van der Waals surface area contributed by atoms with Crippen LogP contribution in [0.1, 0.15) is 12.5 Å². The molecule has 0 bridgehead atoms. The fourth-order valence-corrected chi connectivity index (χ4v) is 5.04. The summed E-state index contributed by atoms with van der Waals surface area (Å²) >= 11 is 0. The van der Waals surface area contributed by atoms with E-state index in [2.05, 4.69) is 0 Å². The Balaban J connectivity index is 1.41. The summed E-state index contributed by atoms with van der Waals surface area (Å²) in [7, 11) is 1.34. The fourth-order valence-electron chi connectivity index (χ4n) is 5.04. The standard InChI is InChI=1S/C28H34O15/c1-10-20(32)22(34)24(36)27(40-10)39-9-19-21(33)23(35)25(37)28(43-19)42-18-8-13-15(31)6-12(29)7-16(13)41-26(18)11-3-4-14(30)17(5-11)38-2/h3-8,10,16,19-25,27-37H,9H2,1-2H3. The lowest BCUT2D eigenvalue weighted by atomic mass is 9.96. The minimum Gasteiger partial charge on any atom is -0.508 e. The van der Waals surface area contributed by atoms with Crippen molar-refractivity contribution < 1.29 is 74.4 Å². The van der Waals surface area contributed by atoms with Crippen molar-refractivity contribution in [3.8, 4) is 11.5 Å². The first-order valence-corrected chi connectivity index (χ1v) is 13.4. The zero-order valence-corrected chi connectivity index (χ0v) is 23.0. The molecular formula is C28H34O15. The zero-order valence-electron chi connectivity index (χ0n) is 23.0. The number of hydrogen-bond donors (Lipinski definition) is 9. The lowest BCUT2D eigenvalue weighted by Gasteiger charge is -2.42. The van der Waals surface area contributed by atoms with E-state index in [0.29, 0.717) is 5.56 Å². The second-order valence-corrected chi connectivity index (χ2v) is 10.5. The Kier molecular flexibility index (Phi) is 8.89. The van der Waals surface area contributed by atoms with Crippen LogP contribution in [0.25, 0.3) is 5.76 Å². The highest BCUT2D eigenvalue weighted by Crippen LogP contribution is 2.40. The molecule has 0 radical (unpaired) electrons. The SMILES string of the molecule is COc1cc(C2=C(OC3OC(COC4OC(C)C(O)C(O)C4O)C(O)C(O)C3O)C=C3C(O)=CC(O)=CC3O2)ccc1O. The molecule has 11 atom stereocenters. The van der Waals surface area contributed by atoms with Gasteiger partial charge in [0.1, 0.15) is 60.4 Å². The molecule has 0 saturated carbocycles. The van der Waals surface area contributed by atoms with Crippen LogP contribution in [0.3, 0.4) is 0 Å². The minimum atomic E-state index is -1.79. The van der Waals surface area contributed by atoms with Gasteiger partial charge < -0.3 is 74.4 Å². The summed E-state index contributed by atoms with van der Waals surface area (Å²) < 4.78 is 33.8. The maximum atomic E-state index is 10.7. The lowest BCUT2D eigenvalue weighted by Crippen LogP contribution is -2.61. The smallest absolute Gasteiger partial charge is 0.229 e. The number of phenols is 1. The summed E-state index contributed by atoms with van der Waals surface area (Å²) in [6.07, 6.45) is -12.3. The van der Waals surface area contributed by atoms with Crippen LogP contribution in [0.15, 0.2) is 59.3 Å². The molecule has 5 rings (SSSR count). The van der Waals surface area contributed by atoms with Gasteiger partial charge in [0.05, 0.1) is 19.8 Å². The molecule has 15 nitrogen and oxygen atoms in total. The van der Waals surface area contributed by atoms with Gasteiger partial charge in [-0.1, -0.05) is 0 Å². The molecule has 0 aromatic heterocycles. The van der Waals surface area contributed by atoms with Crippen LogP contribution in [0.2, 0.25) is 0 Å². The number of aromatic hydroxyl groups is 1. The number of aliphatic hydroxyl groups is 8. The van der Waals surface area contributed by atoms with Gasteiger partial charge in [0.15, 0.2) is 29.3 Å². The van der Waals surface area contributed by atoms with Crippen molar-refractivity contribution in [1.29, 1.82) is 0 Å². The van der Waals surface area contributed by atoms with Crippen LogP contribution in [0.4, 0.5) is 0 Å². The molecule has 1 aromatic carbocycles. The van der Waals surface area contributed by atoms with Crippen molar-refractivity contribution in [2.24, 2.45) is 0 Å². The highest BCUT2D eigenvalue weighted by atomic mass is 16.7. The number of hydrogen-bond acceptors (Lipinski definition) is 15. The van der Waals surface area contributed by atoms with Gasteiger partial charge in [-0.05, 0) is 31.2 Å². The summed E-state index contributed by atoms with van der Waals surface area (Å²) in [5, 5.41) is 92.6. The molecule has 236 valence electrons. The van der Waals surface area contributed by atoms with Gasteiger partial charge >= 0.3 is 0 Å². The first-order valence-electron chi connectivity index (χ1n) is 13.4. The van der Waals surface area contributed by atoms with Gasteiger partial charge in [-0.2, -0.15) is 0 Å². The van der Waals surface area contributed by atoms with E-state index in [1.54, 1.807) is 0 Å². The largest absolute Gasteiger partial charge is 0.508 e. The van der Waals surface area contributed by atoms with Gasteiger partial charge in [0.25, 0.3) is 0 Å². The average molecular weight is 611 g/mol. The molecule has 2 fully saturated rings. The van der Waals surface area contributed by atoms with Crippen molar-refractivity contribution in [1.82, 2.24) is 0 Å². The predicted octanol–water partition coefficient (Wildman–Crippen LogP) is -1.04. The van der Waals surface area contributed by atoms with Gasteiger partial charge in [-0.15, -0.1) is 0 Å². The molecule has 11 unspecified atom stereocenters. The number of rotatable bonds is 7. The van der Waals surface area contributed by atoms with Crippen molar-refractivity contribution in [2.45, 2.75) is 74.4 Å². The van der Waals surface area contributed by atoms with E-state index >= 15 is 0 Å². The summed E-state index contributed by atoms with van der Waals surface area (Å²) in [5.74, 6) is -0.717. The Bertz CT molecular complexity index is 1320. The van der Waals surface area contributed by atoms with Crippen LogP contribution in [0.5, 0.6) is 11.5 Å². The zero-order chi connectivity index (χ0) is 31.2. The molecule has 1 aliphatic carbocycles. The van der Waals surface area contributed by atoms with Crippen molar-refractivity contribution in [2.75, 3.05) is 13.7 Å². The normalized spacial score (nSPS) is 37.9. The Hall–Kier alpha value is -3.38. The van der Waals surface area contributed by atoms with Crippen LogP contribution < -0.4 is 4.74 Å². The summed E-state index contributed by atoms with van der Waals surface area (Å²) in [6.45, 7) is 0.958. The third-order valence-corrected chi connectivity index (χ3v) is 7.55. The van der Waals surface area contributed by atoms with Crippen LogP contribution in [-0.4, -0.2) is 127 Å². The number of ether oxygens (including phenoxy) is 6. The minimum absolute atomic E-state index is 0.0234. The molecule has 0 spiro atoms. The molecule has 15 heteroatoms. The first kappa shape index (κ1) is 31.1. The van der Waals surface area contributed by atoms with E-state index in [1.165, 1.54) is 44.4 Å². The lowest BCUT2D eigenvalue weighted by molar-refractivity contribution is -0.323. The molecule has 3 aliphatic heterocycles. The van der Waals surface area contributed by atoms with Gasteiger partial charge in [0, 0.05) is 23.3 Å². The maximum absolute atomic E-state index is 10.7. The monoisotopic (exact) mass is 610 g/mol. The number of allylic oxidation sites excluding steroid dienone is 2. The molecule has 9 N–H and O–H groups in total. The molecule has 3 heterocycles. The van der Waals surface area contributed by atoms with E-state index < -0.39 is 74.1 Å². The molecular weight excluding hydrogens is 576 g/mol. The van der Waals surface area contributed by atoms with Gasteiger partial charge in [-0.25, -0.2) is 0 Å².